The van der Waals surface area contributed by atoms with Crippen LogP contribution in [0.25, 0.3) is 0 Å². The van der Waals surface area contributed by atoms with Crippen molar-refractivity contribution in [1.82, 2.24) is 4.98 Å². The topological polar surface area (TPSA) is 50.2 Å². The zero-order valence-electron chi connectivity index (χ0n) is 7.82. The van der Waals surface area contributed by atoms with Crippen LogP contribution in [0.4, 0.5) is 0 Å². The number of aromatic nitrogens is 1. The Morgan fingerprint density at radius 1 is 1.62 bits per heavy atom. The predicted octanol–water partition coefficient (Wildman–Crippen LogP) is 1.65. The molecule has 70 valence electrons. The number of carbonyl (C=O) groups excluding carboxylic acids is 1. The van der Waals surface area contributed by atoms with E-state index < -0.39 is 6.10 Å². The van der Waals surface area contributed by atoms with E-state index >= 15 is 0 Å². The summed E-state index contributed by atoms with van der Waals surface area (Å²) in [6.07, 6.45) is 0.881. The molecule has 1 N–H and O–H groups in total. The maximum Gasteiger partial charge on any atom is 0.168 e. The predicted molar refractivity (Wildman–Crippen MR) is 49.6 cm³/mol. The zero-order chi connectivity index (χ0) is 9.84. The Bertz CT molecular complexity index is 310. The van der Waals surface area contributed by atoms with E-state index in [1.807, 2.05) is 6.92 Å². The summed E-state index contributed by atoms with van der Waals surface area (Å²) >= 11 is 0. The fourth-order valence-corrected chi connectivity index (χ4v) is 1.23. The number of pyridine rings is 1. The molecular weight excluding hydrogens is 166 g/mol. The van der Waals surface area contributed by atoms with Crippen LogP contribution in [0.5, 0.6) is 0 Å². The van der Waals surface area contributed by atoms with Crippen molar-refractivity contribution in [2.24, 2.45) is 0 Å². The minimum absolute atomic E-state index is 0.407. The van der Waals surface area contributed by atoms with Crippen molar-refractivity contribution in [2.45, 2.75) is 26.4 Å². The first kappa shape index (κ1) is 9.86. The number of carbonyl (C=O) groups is 1. The molecule has 0 saturated carbocycles. The fraction of sp³-hybridized carbons (Fsp3) is 0.400. The highest BCUT2D eigenvalue weighted by atomic mass is 16.3. The average Bonchev–Trinajstić information content (AvgIpc) is 2.16. The lowest BCUT2D eigenvalue weighted by Gasteiger charge is -2.10. The van der Waals surface area contributed by atoms with Crippen LogP contribution >= 0.6 is 0 Å². The summed E-state index contributed by atoms with van der Waals surface area (Å²) in [7, 11) is 0. The number of aliphatic hydroxyl groups excluding tert-OH is 1. The number of hydrogen-bond acceptors (Lipinski definition) is 3. The van der Waals surface area contributed by atoms with Crippen LogP contribution in [0.15, 0.2) is 12.1 Å². The second kappa shape index (κ2) is 4.14. The van der Waals surface area contributed by atoms with Crippen molar-refractivity contribution in [3.63, 3.8) is 0 Å². The van der Waals surface area contributed by atoms with E-state index in [-0.39, 0.29) is 0 Å². The van der Waals surface area contributed by atoms with Gasteiger partial charge in [0.2, 0.25) is 0 Å². The van der Waals surface area contributed by atoms with Crippen molar-refractivity contribution >= 4 is 6.29 Å². The molecule has 1 aromatic heterocycles. The van der Waals surface area contributed by atoms with Crippen molar-refractivity contribution in [1.29, 1.82) is 0 Å². The van der Waals surface area contributed by atoms with Gasteiger partial charge in [0.15, 0.2) is 6.29 Å². The molecule has 1 unspecified atom stereocenters. The highest BCUT2D eigenvalue weighted by Crippen LogP contribution is 2.18. The maximum atomic E-state index is 10.4. The SMILES string of the molecule is CCC(O)c1ccc(C=O)nc1C. The van der Waals surface area contributed by atoms with Gasteiger partial charge in [0.25, 0.3) is 0 Å². The van der Waals surface area contributed by atoms with Gasteiger partial charge in [-0.15, -0.1) is 0 Å². The zero-order valence-corrected chi connectivity index (χ0v) is 7.82. The largest absolute Gasteiger partial charge is 0.388 e. The van der Waals surface area contributed by atoms with E-state index in [4.69, 9.17) is 0 Å². The van der Waals surface area contributed by atoms with Crippen molar-refractivity contribution in [3.8, 4) is 0 Å². The van der Waals surface area contributed by atoms with Crippen LogP contribution in [0.2, 0.25) is 0 Å². The molecule has 0 bridgehead atoms. The smallest absolute Gasteiger partial charge is 0.168 e. The number of nitrogens with zero attached hydrogens (tertiary/aromatic N) is 1. The minimum Gasteiger partial charge on any atom is -0.388 e. The van der Waals surface area contributed by atoms with Crippen molar-refractivity contribution in [3.05, 3.63) is 29.1 Å². The molecule has 3 heteroatoms. The summed E-state index contributed by atoms with van der Waals surface area (Å²) in [4.78, 5) is 14.4. The summed E-state index contributed by atoms with van der Waals surface area (Å²) in [5.41, 5.74) is 1.93. The number of aliphatic hydroxyl groups is 1. The first-order valence-corrected chi connectivity index (χ1v) is 4.29. The molecule has 1 rings (SSSR count). The van der Waals surface area contributed by atoms with E-state index in [2.05, 4.69) is 4.98 Å². The molecule has 0 saturated heterocycles. The molecule has 0 aromatic carbocycles. The van der Waals surface area contributed by atoms with Gasteiger partial charge in [-0.25, -0.2) is 4.98 Å². The second-order valence-electron chi connectivity index (χ2n) is 2.95. The Morgan fingerprint density at radius 3 is 2.77 bits per heavy atom. The van der Waals surface area contributed by atoms with Crippen LogP contribution in [0, 0.1) is 6.92 Å². The normalized spacial score (nSPS) is 12.5. The van der Waals surface area contributed by atoms with Gasteiger partial charge >= 0.3 is 0 Å². The van der Waals surface area contributed by atoms with E-state index in [0.717, 1.165) is 11.3 Å². The van der Waals surface area contributed by atoms with Crippen LogP contribution in [-0.4, -0.2) is 16.4 Å². The third-order valence-corrected chi connectivity index (χ3v) is 2.01. The van der Waals surface area contributed by atoms with Gasteiger partial charge in [-0.05, 0) is 19.4 Å². The van der Waals surface area contributed by atoms with Gasteiger partial charge < -0.3 is 5.11 Å². The number of rotatable bonds is 3. The van der Waals surface area contributed by atoms with Gasteiger partial charge in [0.05, 0.1) is 6.10 Å². The van der Waals surface area contributed by atoms with E-state index in [9.17, 15) is 9.90 Å². The molecule has 13 heavy (non-hydrogen) atoms. The molecule has 0 aliphatic rings. The monoisotopic (exact) mass is 179 g/mol. The summed E-state index contributed by atoms with van der Waals surface area (Å²) < 4.78 is 0. The van der Waals surface area contributed by atoms with Crippen LogP contribution in [0.3, 0.4) is 0 Å². The van der Waals surface area contributed by atoms with Gasteiger partial charge in [0.1, 0.15) is 5.69 Å². The summed E-state index contributed by atoms with van der Waals surface area (Å²) in [5, 5.41) is 9.55. The third kappa shape index (κ3) is 2.12. The number of aryl methyl sites for hydroxylation is 1. The van der Waals surface area contributed by atoms with E-state index in [1.165, 1.54) is 0 Å². The maximum absolute atomic E-state index is 10.4. The molecular formula is C10H13NO2. The quantitative estimate of drug-likeness (QED) is 0.718. The summed E-state index contributed by atoms with van der Waals surface area (Å²) in [6.45, 7) is 3.69. The highest BCUT2D eigenvalue weighted by Gasteiger charge is 2.08. The van der Waals surface area contributed by atoms with Crippen molar-refractivity contribution < 1.29 is 9.90 Å². The first-order valence-electron chi connectivity index (χ1n) is 4.29. The van der Waals surface area contributed by atoms with Gasteiger partial charge in [0, 0.05) is 11.3 Å². The number of aldehydes is 1. The fourth-order valence-electron chi connectivity index (χ4n) is 1.23. The average molecular weight is 179 g/mol. The Morgan fingerprint density at radius 2 is 2.31 bits per heavy atom. The summed E-state index contributed by atoms with van der Waals surface area (Å²) in [5.74, 6) is 0. The molecule has 0 spiro atoms. The molecule has 1 heterocycles. The van der Waals surface area contributed by atoms with Crippen LogP contribution in [0.1, 0.15) is 41.2 Å². The molecule has 0 fully saturated rings. The molecule has 1 aromatic rings. The van der Waals surface area contributed by atoms with Crippen molar-refractivity contribution in [2.75, 3.05) is 0 Å². The number of hydrogen-bond donors (Lipinski definition) is 1. The molecule has 0 aliphatic carbocycles. The first-order chi connectivity index (χ1) is 6.19. The standard InChI is InChI=1S/C10H13NO2/c1-3-10(13)9-5-4-8(6-12)11-7(9)2/h4-6,10,13H,3H2,1-2H3. The molecule has 0 aliphatic heterocycles. The Balaban J connectivity index is 3.04. The molecule has 3 nitrogen and oxygen atoms in total. The van der Waals surface area contributed by atoms with Gasteiger partial charge in [-0.3, -0.25) is 4.79 Å². The highest BCUT2D eigenvalue weighted by molar-refractivity contribution is 5.71. The van der Waals surface area contributed by atoms with E-state index in [0.29, 0.717) is 18.4 Å². The van der Waals surface area contributed by atoms with Gasteiger partial charge in [-0.1, -0.05) is 13.0 Å². The van der Waals surface area contributed by atoms with Crippen LogP contribution < -0.4 is 0 Å². The minimum atomic E-state index is -0.479. The third-order valence-electron chi connectivity index (χ3n) is 2.01. The molecule has 0 radical (unpaired) electrons. The lowest BCUT2D eigenvalue weighted by Crippen LogP contribution is -2.01. The van der Waals surface area contributed by atoms with Crippen LogP contribution in [-0.2, 0) is 0 Å². The Hall–Kier alpha value is -1.22. The lowest BCUT2D eigenvalue weighted by molar-refractivity contribution is 0.111. The van der Waals surface area contributed by atoms with E-state index in [1.54, 1.807) is 19.1 Å². The molecule has 0 amide bonds. The second-order valence-corrected chi connectivity index (χ2v) is 2.95. The Kier molecular flexibility index (Phi) is 3.14. The van der Waals surface area contributed by atoms with Gasteiger partial charge in [-0.2, -0.15) is 0 Å². The Labute approximate surface area is 77.4 Å². The molecule has 1 atom stereocenters. The summed E-state index contributed by atoms with van der Waals surface area (Å²) in [6, 6.07) is 3.37. The lowest BCUT2D eigenvalue weighted by atomic mass is 10.1.